The van der Waals surface area contributed by atoms with Gasteiger partial charge in [0, 0.05) is 5.02 Å². The van der Waals surface area contributed by atoms with Crippen LogP contribution in [0, 0.1) is 0 Å². The van der Waals surface area contributed by atoms with Crippen molar-refractivity contribution in [3.63, 3.8) is 0 Å². The van der Waals surface area contributed by atoms with Gasteiger partial charge in [-0.2, -0.15) is 0 Å². The maximum Gasteiger partial charge on any atom is 0.335 e. The van der Waals surface area contributed by atoms with Gasteiger partial charge >= 0.3 is 5.97 Å². The second-order valence-electron chi connectivity index (χ2n) is 5.04. The first-order valence-electron chi connectivity index (χ1n) is 7.34. The third-order valence-electron chi connectivity index (χ3n) is 3.32. The summed E-state index contributed by atoms with van der Waals surface area (Å²) in [7, 11) is 0. The van der Waals surface area contributed by atoms with Crippen molar-refractivity contribution in [2.45, 2.75) is 6.10 Å². The van der Waals surface area contributed by atoms with Gasteiger partial charge in [-0.05, 0) is 35.4 Å². The van der Waals surface area contributed by atoms with Crippen LogP contribution in [-0.4, -0.2) is 16.2 Å². The number of aromatic carboxylic acids is 1. The van der Waals surface area contributed by atoms with Gasteiger partial charge in [-0.25, -0.2) is 4.79 Å². The van der Waals surface area contributed by atoms with Crippen LogP contribution < -0.4 is 0 Å². The molecule has 122 valence electrons. The highest BCUT2D eigenvalue weighted by Crippen LogP contribution is 2.20. The lowest BCUT2D eigenvalue weighted by Crippen LogP contribution is -1.98. The summed E-state index contributed by atoms with van der Waals surface area (Å²) in [5.74, 6) is -0.934. The van der Waals surface area contributed by atoms with Crippen LogP contribution in [-0.2, 0) is 0 Å². The van der Waals surface area contributed by atoms with Crippen LogP contribution in [0.1, 0.15) is 27.6 Å². The van der Waals surface area contributed by atoms with E-state index in [1.165, 1.54) is 12.1 Å². The van der Waals surface area contributed by atoms with Crippen LogP contribution in [0.15, 0.2) is 84.9 Å². The zero-order chi connectivity index (χ0) is 17.4. The lowest BCUT2D eigenvalue weighted by atomic mass is 10.0. The van der Waals surface area contributed by atoms with E-state index in [0.29, 0.717) is 5.02 Å². The van der Waals surface area contributed by atoms with E-state index in [1.807, 2.05) is 60.7 Å². The lowest BCUT2D eigenvalue weighted by Gasteiger charge is -2.10. The van der Waals surface area contributed by atoms with Crippen molar-refractivity contribution in [2.24, 2.45) is 0 Å². The predicted octanol–water partition coefficient (Wildman–Crippen LogP) is 4.81. The van der Waals surface area contributed by atoms with Crippen molar-refractivity contribution in [1.29, 1.82) is 0 Å². The molecule has 0 saturated heterocycles. The molecule has 0 aliphatic carbocycles. The maximum atomic E-state index is 10.3. The SMILES string of the molecule is O=C(O)c1ccc(Cl)cc1.OC(c1ccccc1)c1ccccc1. The number of aliphatic hydroxyl groups excluding tert-OH is 1. The summed E-state index contributed by atoms with van der Waals surface area (Å²) in [6.45, 7) is 0. The van der Waals surface area contributed by atoms with Gasteiger partial charge in [0.05, 0.1) is 5.56 Å². The summed E-state index contributed by atoms with van der Waals surface area (Å²) in [4.78, 5) is 10.3. The molecule has 0 aliphatic rings. The Morgan fingerprint density at radius 1 is 0.750 bits per heavy atom. The Morgan fingerprint density at radius 2 is 1.17 bits per heavy atom. The largest absolute Gasteiger partial charge is 0.478 e. The molecule has 0 aromatic heterocycles. The summed E-state index contributed by atoms with van der Waals surface area (Å²) in [6.07, 6.45) is -0.516. The molecule has 4 heteroatoms. The summed E-state index contributed by atoms with van der Waals surface area (Å²) in [5, 5.41) is 19.0. The molecule has 0 radical (unpaired) electrons. The van der Waals surface area contributed by atoms with E-state index in [4.69, 9.17) is 16.7 Å². The molecule has 3 nitrogen and oxygen atoms in total. The molecule has 0 spiro atoms. The molecule has 0 aliphatic heterocycles. The van der Waals surface area contributed by atoms with Crippen molar-refractivity contribution in [3.05, 3.63) is 107 Å². The number of aliphatic hydroxyl groups is 1. The summed E-state index contributed by atoms with van der Waals surface area (Å²) >= 11 is 5.52. The van der Waals surface area contributed by atoms with Gasteiger partial charge in [0.1, 0.15) is 6.10 Å². The number of carbonyl (C=O) groups is 1. The topological polar surface area (TPSA) is 57.5 Å². The van der Waals surface area contributed by atoms with E-state index in [2.05, 4.69) is 0 Å². The third-order valence-corrected chi connectivity index (χ3v) is 3.57. The first kappa shape index (κ1) is 17.7. The molecule has 3 aromatic carbocycles. The monoisotopic (exact) mass is 340 g/mol. The molecular weight excluding hydrogens is 324 g/mol. The number of hydrogen-bond donors (Lipinski definition) is 2. The standard InChI is InChI=1S/C13H12O.C7H5ClO2/c14-13(11-7-3-1-4-8-11)12-9-5-2-6-10-12;8-6-3-1-5(2-4-6)7(9)10/h1-10,13-14H;1-4H,(H,9,10). The molecule has 0 fully saturated rings. The highest BCUT2D eigenvalue weighted by Gasteiger charge is 2.07. The van der Waals surface area contributed by atoms with Crippen LogP contribution in [0.3, 0.4) is 0 Å². The fourth-order valence-electron chi connectivity index (χ4n) is 2.06. The average molecular weight is 341 g/mol. The minimum Gasteiger partial charge on any atom is -0.478 e. The first-order chi connectivity index (χ1) is 11.6. The fourth-order valence-corrected chi connectivity index (χ4v) is 2.18. The van der Waals surface area contributed by atoms with Gasteiger partial charge in [0.15, 0.2) is 0 Å². The van der Waals surface area contributed by atoms with E-state index in [1.54, 1.807) is 12.1 Å². The van der Waals surface area contributed by atoms with Gasteiger partial charge in [0.2, 0.25) is 0 Å². The van der Waals surface area contributed by atoms with Crippen molar-refractivity contribution in [2.75, 3.05) is 0 Å². The van der Waals surface area contributed by atoms with Gasteiger partial charge in [-0.15, -0.1) is 0 Å². The van der Waals surface area contributed by atoms with E-state index in [9.17, 15) is 9.90 Å². The summed E-state index contributed by atoms with van der Waals surface area (Å²) in [5.41, 5.74) is 2.11. The van der Waals surface area contributed by atoms with Gasteiger partial charge < -0.3 is 10.2 Å². The number of benzene rings is 3. The lowest BCUT2D eigenvalue weighted by molar-refractivity contribution is 0.0697. The summed E-state index contributed by atoms with van der Waals surface area (Å²) < 4.78 is 0. The average Bonchev–Trinajstić information content (AvgIpc) is 2.63. The van der Waals surface area contributed by atoms with Crippen LogP contribution in [0.2, 0.25) is 5.02 Å². The van der Waals surface area contributed by atoms with Crippen molar-refractivity contribution < 1.29 is 15.0 Å². The Morgan fingerprint density at radius 3 is 1.54 bits per heavy atom. The Kier molecular flexibility index (Phi) is 6.55. The van der Waals surface area contributed by atoms with Crippen LogP contribution in [0.5, 0.6) is 0 Å². The smallest absolute Gasteiger partial charge is 0.335 e. The van der Waals surface area contributed by atoms with Crippen molar-refractivity contribution in [3.8, 4) is 0 Å². The molecule has 0 atom stereocenters. The Balaban J connectivity index is 0.000000185. The number of hydrogen-bond acceptors (Lipinski definition) is 2. The first-order valence-corrected chi connectivity index (χ1v) is 7.72. The third kappa shape index (κ3) is 5.23. The second-order valence-corrected chi connectivity index (χ2v) is 5.47. The van der Waals surface area contributed by atoms with Gasteiger partial charge in [-0.3, -0.25) is 0 Å². The molecular formula is C20H17ClO3. The minimum atomic E-state index is -0.934. The van der Waals surface area contributed by atoms with E-state index in [0.717, 1.165) is 11.1 Å². The molecule has 0 amide bonds. The van der Waals surface area contributed by atoms with Crippen LogP contribution in [0.25, 0.3) is 0 Å². The van der Waals surface area contributed by atoms with Crippen molar-refractivity contribution >= 4 is 17.6 Å². The molecule has 3 rings (SSSR count). The molecule has 3 aromatic rings. The Bertz CT molecular complexity index is 716. The zero-order valence-electron chi connectivity index (χ0n) is 12.8. The molecule has 0 bridgehead atoms. The molecule has 24 heavy (non-hydrogen) atoms. The normalized spacial score (nSPS) is 9.96. The van der Waals surface area contributed by atoms with Crippen LogP contribution in [0.4, 0.5) is 0 Å². The Hall–Kier alpha value is -2.62. The summed E-state index contributed by atoms with van der Waals surface area (Å²) in [6, 6.07) is 25.4. The van der Waals surface area contributed by atoms with Gasteiger partial charge in [-0.1, -0.05) is 72.3 Å². The van der Waals surface area contributed by atoms with E-state index in [-0.39, 0.29) is 5.56 Å². The predicted molar refractivity (Wildman–Crippen MR) is 95.4 cm³/mol. The number of halogens is 1. The van der Waals surface area contributed by atoms with Crippen LogP contribution >= 0.6 is 11.6 Å². The molecule has 0 saturated carbocycles. The fraction of sp³-hybridized carbons (Fsp3) is 0.0500. The molecule has 0 unspecified atom stereocenters. The highest BCUT2D eigenvalue weighted by atomic mass is 35.5. The van der Waals surface area contributed by atoms with Crippen molar-refractivity contribution in [1.82, 2.24) is 0 Å². The number of carboxylic acids is 1. The quantitative estimate of drug-likeness (QED) is 0.719. The minimum absolute atomic E-state index is 0.254. The number of carboxylic acid groups (broad SMARTS) is 1. The zero-order valence-corrected chi connectivity index (χ0v) is 13.6. The number of rotatable bonds is 3. The highest BCUT2D eigenvalue weighted by molar-refractivity contribution is 6.30. The van der Waals surface area contributed by atoms with Gasteiger partial charge in [0.25, 0.3) is 0 Å². The molecule has 2 N–H and O–H groups in total. The maximum absolute atomic E-state index is 10.3. The molecule has 0 heterocycles. The van der Waals surface area contributed by atoms with E-state index < -0.39 is 12.1 Å². The Labute approximate surface area is 145 Å². The second kappa shape index (κ2) is 8.87. The van der Waals surface area contributed by atoms with E-state index >= 15 is 0 Å².